The van der Waals surface area contributed by atoms with Gasteiger partial charge in [0.1, 0.15) is 0 Å². The second-order valence-electron chi connectivity index (χ2n) is 5.43. The predicted octanol–water partition coefficient (Wildman–Crippen LogP) is 1.90. The lowest BCUT2D eigenvalue weighted by Crippen LogP contribution is -2.25. The first-order valence-electron chi connectivity index (χ1n) is 7.35. The van der Waals surface area contributed by atoms with Crippen molar-refractivity contribution in [1.82, 2.24) is 19.6 Å². The molecule has 2 aromatic heterocycles. The quantitative estimate of drug-likeness (QED) is 0.646. The summed E-state index contributed by atoms with van der Waals surface area (Å²) in [6.45, 7) is 8.33. The van der Waals surface area contributed by atoms with Crippen LogP contribution in [0.15, 0.2) is 12.3 Å². The molecule has 0 aliphatic rings. The molecule has 1 amide bonds. The molecule has 0 radical (unpaired) electrons. The molecule has 1 atom stereocenters. The van der Waals surface area contributed by atoms with Crippen LogP contribution in [-0.4, -0.2) is 30.4 Å². The molecule has 0 bridgehead atoms. The molecule has 124 valence electrons. The van der Waals surface area contributed by atoms with Crippen molar-refractivity contribution in [3.63, 3.8) is 0 Å². The first-order valence-corrected chi connectivity index (χ1v) is 7.35. The van der Waals surface area contributed by atoms with E-state index in [9.17, 15) is 14.9 Å². The topological polar surface area (TPSA) is 108 Å². The fraction of sp³-hybridized carbons (Fsp3) is 0.500. The Balaban J connectivity index is 2.05. The van der Waals surface area contributed by atoms with E-state index in [-0.39, 0.29) is 18.3 Å². The zero-order chi connectivity index (χ0) is 17.1. The van der Waals surface area contributed by atoms with Crippen molar-refractivity contribution in [2.24, 2.45) is 5.92 Å². The maximum Gasteiger partial charge on any atom is 0.390 e. The van der Waals surface area contributed by atoms with Crippen LogP contribution >= 0.6 is 0 Å². The van der Waals surface area contributed by atoms with Crippen molar-refractivity contribution in [2.75, 3.05) is 5.32 Å². The summed E-state index contributed by atoms with van der Waals surface area (Å²) in [7, 11) is 0. The summed E-state index contributed by atoms with van der Waals surface area (Å²) in [5.41, 5.74) is 2.21. The number of hydrogen-bond donors (Lipinski definition) is 1. The number of aryl methyl sites for hydroxylation is 2. The van der Waals surface area contributed by atoms with Crippen molar-refractivity contribution in [3.05, 3.63) is 33.8 Å². The van der Waals surface area contributed by atoms with E-state index in [1.54, 1.807) is 24.7 Å². The van der Waals surface area contributed by atoms with Gasteiger partial charge < -0.3 is 15.4 Å². The fourth-order valence-electron chi connectivity index (χ4n) is 2.25. The number of carbonyl (C=O) groups excluding carboxylic acids is 1. The number of carbonyl (C=O) groups is 1. The van der Waals surface area contributed by atoms with Gasteiger partial charge in [0.05, 0.1) is 46.9 Å². The summed E-state index contributed by atoms with van der Waals surface area (Å²) in [6, 6.07) is 1.39. The molecule has 1 N–H and O–H groups in total. The molecule has 2 rings (SSSR count). The lowest BCUT2D eigenvalue weighted by molar-refractivity contribution is -0.389. The summed E-state index contributed by atoms with van der Waals surface area (Å²) < 4.78 is 3.27. The predicted molar refractivity (Wildman–Crippen MR) is 84.1 cm³/mol. The molecule has 23 heavy (non-hydrogen) atoms. The molecule has 9 heteroatoms. The van der Waals surface area contributed by atoms with Crippen LogP contribution in [0.1, 0.15) is 25.2 Å². The van der Waals surface area contributed by atoms with Gasteiger partial charge in [0, 0.05) is 6.54 Å². The van der Waals surface area contributed by atoms with Crippen molar-refractivity contribution in [1.29, 1.82) is 0 Å². The van der Waals surface area contributed by atoms with Gasteiger partial charge in [-0.15, -0.1) is 0 Å². The third-order valence-corrected chi connectivity index (χ3v) is 3.71. The van der Waals surface area contributed by atoms with Crippen LogP contribution in [0, 0.1) is 29.9 Å². The van der Waals surface area contributed by atoms with Crippen LogP contribution in [0.4, 0.5) is 11.5 Å². The summed E-state index contributed by atoms with van der Waals surface area (Å²) in [6.07, 6.45) is 1.62. The van der Waals surface area contributed by atoms with Crippen molar-refractivity contribution >= 4 is 17.4 Å². The van der Waals surface area contributed by atoms with Crippen LogP contribution in [0.25, 0.3) is 0 Å². The van der Waals surface area contributed by atoms with E-state index in [4.69, 9.17) is 0 Å². The first kappa shape index (κ1) is 16.7. The largest absolute Gasteiger partial charge is 0.390 e. The number of aromatic nitrogens is 4. The summed E-state index contributed by atoms with van der Waals surface area (Å²) >= 11 is 0. The third kappa shape index (κ3) is 3.55. The van der Waals surface area contributed by atoms with Gasteiger partial charge in [0.15, 0.2) is 0 Å². The Labute approximate surface area is 133 Å². The van der Waals surface area contributed by atoms with Gasteiger partial charge in [-0.2, -0.15) is 9.78 Å². The highest BCUT2D eigenvalue weighted by Gasteiger charge is 2.21. The van der Waals surface area contributed by atoms with E-state index in [1.165, 1.54) is 10.7 Å². The van der Waals surface area contributed by atoms with Gasteiger partial charge in [-0.1, -0.05) is 6.92 Å². The van der Waals surface area contributed by atoms with E-state index in [1.807, 2.05) is 13.8 Å². The average molecular weight is 320 g/mol. The standard InChI is InChI=1S/C14H20N6O3/c1-5-18-11(4)12(7-15-18)16-14(21)9(2)8-19-10(3)6-13(17-19)20(22)23/h6-7,9H,5,8H2,1-4H3,(H,16,21). The molecule has 0 saturated carbocycles. The van der Waals surface area contributed by atoms with E-state index in [0.29, 0.717) is 11.4 Å². The minimum absolute atomic E-state index is 0.179. The molecule has 0 aliphatic carbocycles. The second-order valence-corrected chi connectivity index (χ2v) is 5.43. The number of rotatable bonds is 6. The lowest BCUT2D eigenvalue weighted by Gasteiger charge is -2.11. The normalized spacial score (nSPS) is 12.2. The maximum absolute atomic E-state index is 12.3. The molecule has 0 aliphatic heterocycles. The van der Waals surface area contributed by atoms with Gasteiger partial charge in [0.2, 0.25) is 5.91 Å². The fourth-order valence-corrected chi connectivity index (χ4v) is 2.25. The van der Waals surface area contributed by atoms with Crippen LogP contribution in [0.5, 0.6) is 0 Å². The Kier molecular flexibility index (Phi) is 4.77. The Bertz CT molecular complexity index is 733. The molecular weight excluding hydrogens is 300 g/mol. The molecule has 0 fully saturated rings. The maximum atomic E-state index is 12.3. The SMILES string of the molecule is CCn1ncc(NC(=O)C(C)Cn2nc([N+](=O)[O-])cc2C)c1C. The van der Waals surface area contributed by atoms with Crippen LogP contribution in [0.3, 0.4) is 0 Å². The lowest BCUT2D eigenvalue weighted by atomic mass is 10.1. The van der Waals surface area contributed by atoms with Crippen molar-refractivity contribution < 1.29 is 9.72 Å². The van der Waals surface area contributed by atoms with Crippen LogP contribution in [-0.2, 0) is 17.9 Å². The van der Waals surface area contributed by atoms with Gasteiger partial charge in [0.25, 0.3) is 0 Å². The molecular formula is C14H20N6O3. The molecule has 0 spiro atoms. The van der Waals surface area contributed by atoms with Crippen molar-refractivity contribution in [3.8, 4) is 0 Å². The van der Waals surface area contributed by atoms with Gasteiger partial charge in [-0.25, -0.2) is 0 Å². The minimum atomic E-state index is -0.545. The van der Waals surface area contributed by atoms with Crippen LogP contribution < -0.4 is 5.32 Å². The second kappa shape index (κ2) is 6.59. The zero-order valence-corrected chi connectivity index (χ0v) is 13.6. The van der Waals surface area contributed by atoms with E-state index in [2.05, 4.69) is 15.5 Å². The molecule has 0 saturated heterocycles. The summed E-state index contributed by atoms with van der Waals surface area (Å²) in [4.78, 5) is 22.5. The summed E-state index contributed by atoms with van der Waals surface area (Å²) in [5.74, 6) is -0.783. The Morgan fingerprint density at radius 1 is 1.43 bits per heavy atom. The number of anilines is 1. The number of nitrogens with zero attached hydrogens (tertiary/aromatic N) is 5. The molecule has 2 heterocycles. The summed E-state index contributed by atoms with van der Waals surface area (Å²) in [5, 5.41) is 21.6. The van der Waals surface area contributed by atoms with Crippen molar-refractivity contribution in [2.45, 2.75) is 40.8 Å². The molecule has 1 unspecified atom stereocenters. The Hall–Kier alpha value is -2.71. The van der Waals surface area contributed by atoms with Gasteiger partial charge in [-0.3, -0.25) is 9.48 Å². The highest BCUT2D eigenvalue weighted by Crippen LogP contribution is 2.16. The highest BCUT2D eigenvalue weighted by atomic mass is 16.6. The smallest absolute Gasteiger partial charge is 0.358 e. The van der Waals surface area contributed by atoms with Gasteiger partial charge in [-0.05, 0) is 25.7 Å². The average Bonchev–Trinajstić information content (AvgIpc) is 3.03. The van der Waals surface area contributed by atoms with Crippen LogP contribution in [0.2, 0.25) is 0 Å². The first-order chi connectivity index (χ1) is 10.8. The van der Waals surface area contributed by atoms with E-state index < -0.39 is 10.8 Å². The number of hydrogen-bond acceptors (Lipinski definition) is 5. The third-order valence-electron chi connectivity index (χ3n) is 3.71. The number of amides is 1. The molecule has 2 aromatic rings. The highest BCUT2D eigenvalue weighted by molar-refractivity contribution is 5.92. The zero-order valence-electron chi connectivity index (χ0n) is 13.6. The minimum Gasteiger partial charge on any atom is -0.358 e. The number of nitro groups is 1. The molecule has 0 aromatic carbocycles. The van der Waals surface area contributed by atoms with E-state index >= 15 is 0 Å². The van der Waals surface area contributed by atoms with E-state index in [0.717, 1.165) is 12.2 Å². The molecule has 9 nitrogen and oxygen atoms in total. The Morgan fingerprint density at radius 2 is 2.13 bits per heavy atom. The Morgan fingerprint density at radius 3 is 2.65 bits per heavy atom. The van der Waals surface area contributed by atoms with Gasteiger partial charge >= 0.3 is 5.82 Å². The monoisotopic (exact) mass is 320 g/mol. The number of nitrogens with one attached hydrogen (secondary N) is 1.